The lowest BCUT2D eigenvalue weighted by Crippen LogP contribution is -2.42. The minimum Gasteiger partial charge on any atom is -0.391 e. The highest BCUT2D eigenvalue weighted by Crippen LogP contribution is 2.39. The topological polar surface area (TPSA) is 40.5 Å². The first-order chi connectivity index (χ1) is 6.62. The lowest BCUT2D eigenvalue weighted by molar-refractivity contribution is -0.132. The Labute approximate surface area is 88.9 Å². The predicted octanol–water partition coefficient (Wildman–Crippen LogP) is 0.865. The summed E-state index contributed by atoms with van der Waals surface area (Å²) in [6, 6.07) is 0. The summed E-state index contributed by atoms with van der Waals surface area (Å²) in [7, 11) is 0. The normalized spacial score (nSPS) is 37.9. The molecule has 3 nitrogen and oxygen atoms in total. The summed E-state index contributed by atoms with van der Waals surface area (Å²) in [4.78, 5) is 13.9. The van der Waals surface area contributed by atoms with Gasteiger partial charge in [0.15, 0.2) is 0 Å². The molecule has 2 heterocycles. The first-order valence-corrected chi connectivity index (χ1v) is 6.22. The largest absolute Gasteiger partial charge is 0.391 e. The van der Waals surface area contributed by atoms with Crippen molar-refractivity contribution in [1.82, 2.24) is 4.90 Å². The highest BCUT2D eigenvalue weighted by atomic mass is 32.2. The second kappa shape index (κ2) is 3.74. The first kappa shape index (κ1) is 10.3. The highest BCUT2D eigenvalue weighted by Gasteiger charge is 2.41. The fourth-order valence-electron chi connectivity index (χ4n) is 2.21. The van der Waals surface area contributed by atoms with Crippen LogP contribution in [-0.4, -0.2) is 45.6 Å². The van der Waals surface area contributed by atoms with Gasteiger partial charge < -0.3 is 10.0 Å². The van der Waals surface area contributed by atoms with Crippen LogP contribution in [0, 0.1) is 0 Å². The average molecular weight is 215 g/mol. The molecule has 0 radical (unpaired) electrons. The van der Waals surface area contributed by atoms with Gasteiger partial charge in [0, 0.05) is 13.1 Å². The minimum atomic E-state index is -0.297. The van der Waals surface area contributed by atoms with Crippen molar-refractivity contribution in [3.8, 4) is 0 Å². The number of β-amino-alcohol motifs (C(OH)–C–C–N with tert-alkyl or cyclic N) is 1. The maximum absolute atomic E-state index is 12.1. The summed E-state index contributed by atoms with van der Waals surface area (Å²) in [5.74, 6) is 1.33. The Morgan fingerprint density at radius 2 is 2.43 bits per heavy atom. The fourth-order valence-corrected chi connectivity index (χ4v) is 3.49. The van der Waals surface area contributed by atoms with E-state index in [2.05, 4.69) is 0 Å². The highest BCUT2D eigenvalue weighted by molar-refractivity contribution is 8.01. The van der Waals surface area contributed by atoms with Crippen molar-refractivity contribution in [3.63, 3.8) is 0 Å². The molecule has 0 saturated carbocycles. The number of likely N-dealkylation sites (tertiary alicyclic amines) is 1. The van der Waals surface area contributed by atoms with Crippen LogP contribution < -0.4 is 0 Å². The zero-order valence-electron chi connectivity index (χ0n) is 8.53. The molecule has 0 aromatic heterocycles. The zero-order chi connectivity index (χ0) is 10.2. The smallest absolute Gasteiger partial charge is 0.238 e. The molecular formula is C10H17NO2S. The molecule has 4 heteroatoms. The van der Waals surface area contributed by atoms with Crippen molar-refractivity contribution < 1.29 is 9.90 Å². The Bertz CT molecular complexity index is 238. The van der Waals surface area contributed by atoms with Crippen LogP contribution in [0.25, 0.3) is 0 Å². The molecule has 2 saturated heterocycles. The predicted molar refractivity (Wildman–Crippen MR) is 57.3 cm³/mol. The van der Waals surface area contributed by atoms with Gasteiger partial charge in [-0.05, 0) is 31.9 Å². The van der Waals surface area contributed by atoms with Gasteiger partial charge in [-0.1, -0.05) is 0 Å². The van der Waals surface area contributed by atoms with E-state index in [1.807, 2.05) is 11.8 Å². The molecule has 2 atom stereocenters. The molecule has 0 aliphatic carbocycles. The van der Waals surface area contributed by atoms with E-state index in [-0.39, 0.29) is 16.8 Å². The maximum atomic E-state index is 12.1. The van der Waals surface area contributed by atoms with Gasteiger partial charge in [-0.15, -0.1) is 11.8 Å². The summed E-state index contributed by atoms with van der Waals surface area (Å²) in [6.45, 7) is 3.31. The zero-order valence-corrected chi connectivity index (χ0v) is 9.35. The first-order valence-electron chi connectivity index (χ1n) is 5.23. The molecular weight excluding hydrogens is 198 g/mol. The number of thioether (sulfide) groups is 1. The van der Waals surface area contributed by atoms with Crippen molar-refractivity contribution >= 4 is 17.7 Å². The van der Waals surface area contributed by atoms with Crippen molar-refractivity contribution in [2.45, 2.75) is 37.0 Å². The quantitative estimate of drug-likeness (QED) is 0.705. The van der Waals surface area contributed by atoms with E-state index in [4.69, 9.17) is 0 Å². The molecule has 2 aliphatic rings. The second-order valence-corrected chi connectivity index (χ2v) is 5.97. The van der Waals surface area contributed by atoms with Crippen LogP contribution in [0.3, 0.4) is 0 Å². The number of amides is 1. The molecule has 2 aliphatic heterocycles. The van der Waals surface area contributed by atoms with Crippen LogP contribution in [-0.2, 0) is 4.79 Å². The third-order valence-electron chi connectivity index (χ3n) is 3.12. The summed E-state index contributed by atoms with van der Waals surface area (Å²) in [6.07, 6.45) is 2.58. The van der Waals surface area contributed by atoms with Gasteiger partial charge in [-0.2, -0.15) is 0 Å². The van der Waals surface area contributed by atoms with Crippen LogP contribution >= 0.6 is 11.8 Å². The van der Waals surface area contributed by atoms with E-state index in [1.165, 1.54) is 0 Å². The Kier molecular flexibility index (Phi) is 2.75. The molecule has 14 heavy (non-hydrogen) atoms. The molecule has 2 fully saturated rings. The van der Waals surface area contributed by atoms with Crippen LogP contribution in [0.4, 0.5) is 0 Å². The average Bonchev–Trinajstić information content (AvgIpc) is 2.74. The van der Waals surface area contributed by atoms with E-state index >= 15 is 0 Å². The standard InChI is InChI=1S/C10H17NO2S/c1-10(4-2-6-14-10)9(13)11-5-3-8(12)7-11/h8,12H,2-7H2,1H3. The van der Waals surface area contributed by atoms with E-state index in [1.54, 1.807) is 11.8 Å². The van der Waals surface area contributed by atoms with Gasteiger partial charge in [0.25, 0.3) is 0 Å². The summed E-state index contributed by atoms with van der Waals surface area (Å²) in [5.41, 5.74) is 0. The van der Waals surface area contributed by atoms with Gasteiger partial charge in [0.2, 0.25) is 5.91 Å². The van der Waals surface area contributed by atoms with E-state index in [9.17, 15) is 9.90 Å². The maximum Gasteiger partial charge on any atom is 0.238 e. The monoisotopic (exact) mass is 215 g/mol. The molecule has 1 N–H and O–H groups in total. The third kappa shape index (κ3) is 1.77. The number of aliphatic hydroxyl groups excluding tert-OH is 1. The third-order valence-corrected chi connectivity index (χ3v) is 4.63. The van der Waals surface area contributed by atoms with Crippen LogP contribution in [0.1, 0.15) is 26.2 Å². The van der Waals surface area contributed by atoms with Gasteiger partial charge in [-0.25, -0.2) is 0 Å². The van der Waals surface area contributed by atoms with Crippen molar-refractivity contribution in [2.24, 2.45) is 0 Å². The van der Waals surface area contributed by atoms with Crippen LogP contribution in [0.5, 0.6) is 0 Å². The number of rotatable bonds is 1. The molecule has 0 spiro atoms. The summed E-state index contributed by atoms with van der Waals surface area (Å²) >= 11 is 1.77. The van der Waals surface area contributed by atoms with Crippen LogP contribution in [0.15, 0.2) is 0 Å². The Hall–Kier alpha value is -0.220. The molecule has 0 aromatic carbocycles. The number of hydrogen-bond donors (Lipinski definition) is 1. The molecule has 2 unspecified atom stereocenters. The molecule has 0 bridgehead atoms. The van der Waals surface area contributed by atoms with Crippen LogP contribution in [0.2, 0.25) is 0 Å². The number of nitrogens with zero attached hydrogens (tertiary/aromatic N) is 1. The van der Waals surface area contributed by atoms with E-state index in [0.29, 0.717) is 6.54 Å². The lowest BCUT2D eigenvalue weighted by Gasteiger charge is -2.27. The van der Waals surface area contributed by atoms with Gasteiger partial charge in [-0.3, -0.25) is 4.79 Å². The van der Waals surface area contributed by atoms with E-state index in [0.717, 1.165) is 31.6 Å². The fraction of sp³-hybridized carbons (Fsp3) is 0.900. The Morgan fingerprint density at radius 1 is 1.64 bits per heavy atom. The Morgan fingerprint density at radius 3 is 2.93 bits per heavy atom. The molecule has 80 valence electrons. The van der Waals surface area contributed by atoms with E-state index < -0.39 is 0 Å². The van der Waals surface area contributed by atoms with Gasteiger partial charge in [0.1, 0.15) is 0 Å². The van der Waals surface area contributed by atoms with Crippen molar-refractivity contribution in [2.75, 3.05) is 18.8 Å². The lowest BCUT2D eigenvalue weighted by atomic mass is 10.0. The van der Waals surface area contributed by atoms with Crippen molar-refractivity contribution in [1.29, 1.82) is 0 Å². The number of hydrogen-bond acceptors (Lipinski definition) is 3. The number of carbonyl (C=O) groups excluding carboxylic acids is 1. The van der Waals surface area contributed by atoms with Crippen molar-refractivity contribution in [3.05, 3.63) is 0 Å². The SMILES string of the molecule is CC1(C(=O)N2CCC(O)C2)CCCS1. The summed E-state index contributed by atoms with van der Waals surface area (Å²) in [5, 5.41) is 9.37. The molecule has 1 amide bonds. The number of aliphatic hydroxyl groups is 1. The summed E-state index contributed by atoms with van der Waals surface area (Å²) < 4.78 is -0.204. The van der Waals surface area contributed by atoms with Gasteiger partial charge in [0.05, 0.1) is 10.9 Å². The number of carbonyl (C=O) groups is 1. The minimum absolute atomic E-state index is 0.204. The molecule has 0 aromatic rings. The molecule has 2 rings (SSSR count). The Balaban J connectivity index is 2.00. The second-order valence-electron chi connectivity index (χ2n) is 4.38. The van der Waals surface area contributed by atoms with Gasteiger partial charge >= 0.3 is 0 Å².